The van der Waals surface area contributed by atoms with Gasteiger partial charge in [0, 0.05) is 26.1 Å². The van der Waals surface area contributed by atoms with Gasteiger partial charge in [-0.05, 0) is 31.4 Å². The first-order valence-corrected chi connectivity index (χ1v) is 7.39. The van der Waals surface area contributed by atoms with Crippen molar-refractivity contribution in [2.45, 2.75) is 32.1 Å². The van der Waals surface area contributed by atoms with E-state index in [9.17, 15) is 4.79 Å². The second-order valence-electron chi connectivity index (χ2n) is 5.74. The Morgan fingerprint density at radius 2 is 1.74 bits per heavy atom. The van der Waals surface area contributed by atoms with Crippen LogP contribution in [0.25, 0.3) is 0 Å². The predicted molar refractivity (Wildman–Crippen MR) is 78.6 cm³/mol. The van der Waals surface area contributed by atoms with Gasteiger partial charge in [0.2, 0.25) is 5.91 Å². The molecule has 1 amide bonds. The first-order chi connectivity index (χ1) is 9.27. The minimum atomic E-state index is 0.261. The van der Waals surface area contributed by atoms with Crippen LogP contribution >= 0.6 is 0 Å². The van der Waals surface area contributed by atoms with Gasteiger partial charge in [-0.1, -0.05) is 25.0 Å². The Kier molecular flexibility index (Phi) is 3.45. The molecule has 3 heteroatoms. The van der Waals surface area contributed by atoms with E-state index in [0.29, 0.717) is 5.91 Å². The smallest absolute Gasteiger partial charge is 0.230 e. The monoisotopic (exact) mass is 258 g/mol. The summed E-state index contributed by atoms with van der Waals surface area (Å²) in [5, 5.41) is 0. The lowest BCUT2D eigenvalue weighted by atomic mass is 10.1. The highest BCUT2D eigenvalue weighted by Crippen LogP contribution is 2.34. The lowest BCUT2D eigenvalue weighted by Crippen LogP contribution is -2.35. The average molecular weight is 258 g/mol. The molecular formula is C16H22N2O. The highest BCUT2D eigenvalue weighted by atomic mass is 16.2. The highest BCUT2D eigenvalue weighted by Gasteiger charge is 2.30. The van der Waals surface area contributed by atoms with E-state index in [1.54, 1.807) is 0 Å². The molecule has 1 fully saturated rings. The summed E-state index contributed by atoms with van der Waals surface area (Å²) >= 11 is 0. The number of amides is 1. The van der Waals surface area contributed by atoms with Crippen molar-refractivity contribution in [3.05, 3.63) is 24.3 Å². The number of carbonyl (C=O) groups excluding carboxylic acids is 1. The molecule has 102 valence electrons. The molecule has 2 aliphatic rings. The number of rotatable bonds is 1. The lowest BCUT2D eigenvalue weighted by molar-refractivity contribution is -0.122. The molecule has 19 heavy (non-hydrogen) atoms. The minimum absolute atomic E-state index is 0.261. The molecule has 1 aliphatic heterocycles. The van der Waals surface area contributed by atoms with E-state index in [2.05, 4.69) is 30.1 Å². The fourth-order valence-corrected chi connectivity index (χ4v) is 3.34. The van der Waals surface area contributed by atoms with E-state index >= 15 is 0 Å². The molecule has 3 nitrogen and oxygen atoms in total. The van der Waals surface area contributed by atoms with Gasteiger partial charge in [0.05, 0.1) is 11.4 Å². The Morgan fingerprint density at radius 1 is 1.05 bits per heavy atom. The molecule has 1 aromatic carbocycles. The van der Waals surface area contributed by atoms with Gasteiger partial charge in [-0.25, -0.2) is 0 Å². The Morgan fingerprint density at radius 3 is 2.47 bits per heavy atom. The fourth-order valence-electron chi connectivity index (χ4n) is 3.34. The molecule has 0 unspecified atom stereocenters. The van der Waals surface area contributed by atoms with Crippen molar-refractivity contribution < 1.29 is 4.79 Å². The normalized spacial score (nSPS) is 20.3. The van der Waals surface area contributed by atoms with Gasteiger partial charge in [-0.3, -0.25) is 4.79 Å². The van der Waals surface area contributed by atoms with Crippen LogP contribution in [0.15, 0.2) is 24.3 Å². The largest absolute Gasteiger partial charge is 0.373 e. The van der Waals surface area contributed by atoms with E-state index in [4.69, 9.17) is 0 Å². The van der Waals surface area contributed by atoms with Crippen molar-refractivity contribution in [1.82, 2.24) is 0 Å². The summed E-state index contributed by atoms with van der Waals surface area (Å²) in [6.07, 6.45) is 5.63. The SMILES string of the molecule is CN1CCCN(C(=O)C2CCCC2)c2ccccc21. The molecule has 0 bridgehead atoms. The highest BCUT2D eigenvalue weighted by molar-refractivity contribution is 5.98. The molecule has 3 rings (SSSR count). The Labute approximate surface area is 115 Å². The van der Waals surface area contributed by atoms with E-state index < -0.39 is 0 Å². The topological polar surface area (TPSA) is 23.6 Å². The van der Waals surface area contributed by atoms with Crippen molar-refractivity contribution in [2.75, 3.05) is 29.9 Å². The van der Waals surface area contributed by atoms with Crippen LogP contribution in [0.3, 0.4) is 0 Å². The predicted octanol–water partition coefficient (Wildman–Crippen LogP) is 3.05. The summed E-state index contributed by atoms with van der Waals surface area (Å²) in [7, 11) is 2.11. The molecule has 0 radical (unpaired) electrons. The Bertz CT molecular complexity index is 466. The number of carbonyl (C=O) groups is 1. The molecule has 1 aromatic rings. The van der Waals surface area contributed by atoms with Crippen LogP contribution in [0.4, 0.5) is 11.4 Å². The molecular weight excluding hydrogens is 236 g/mol. The standard InChI is InChI=1S/C16H22N2O/c1-17-11-6-12-18(15-10-5-4-9-14(15)17)16(19)13-7-2-3-8-13/h4-5,9-10,13H,2-3,6-8,11-12H2,1H3. The van der Waals surface area contributed by atoms with Crippen molar-refractivity contribution in [2.24, 2.45) is 5.92 Å². The lowest BCUT2D eigenvalue weighted by Gasteiger charge is -2.26. The third kappa shape index (κ3) is 2.34. The van der Waals surface area contributed by atoms with Gasteiger partial charge in [-0.15, -0.1) is 0 Å². The van der Waals surface area contributed by atoms with Crippen LogP contribution in [0.2, 0.25) is 0 Å². The van der Waals surface area contributed by atoms with E-state index in [1.807, 2.05) is 11.0 Å². The van der Waals surface area contributed by atoms with Crippen LogP contribution in [-0.4, -0.2) is 26.0 Å². The Balaban J connectivity index is 1.92. The molecule has 0 saturated heterocycles. The van der Waals surface area contributed by atoms with Crippen LogP contribution in [0, 0.1) is 5.92 Å². The number of benzene rings is 1. The van der Waals surface area contributed by atoms with E-state index in [1.165, 1.54) is 18.5 Å². The summed E-state index contributed by atoms with van der Waals surface area (Å²) in [5.41, 5.74) is 2.28. The van der Waals surface area contributed by atoms with Crippen LogP contribution in [0.5, 0.6) is 0 Å². The molecule has 0 spiro atoms. The third-order valence-electron chi connectivity index (χ3n) is 4.43. The van der Waals surface area contributed by atoms with Crippen molar-refractivity contribution in [3.63, 3.8) is 0 Å². The molecule has 1 heterocycles. The average Bonchev–Trinajstić information content (AvgIpc) is 2.91. The zero-order chi connectivity index (χ0) is 13.2. The van der Waals surface area contributed by atoms with Gasteiger partial charge in [-0.2, -0.15) is 0 Å². The second-order valence-corrected chi connectivity index (χ2v) is 5.74. The minimum Gasteiger partial charge on any atom is -0.373 e. The molecule has 1 aliphatic carbocycles. The summed E-state index contributed by atoms with van der Waals surface area (Å²) in [4.78, 5) is 17.0. The molecule has 0 aromatic heterocycles. The number of anilines is 2. The summed E-state index contributed by atoms with van der Waals surface area (Å²) in [6, 6.07) is 8.30. The fraction of sp³-hybridized carbons (Fsp3) is 0.562. The van der Waals surface area contributed by atoms with E-state index in [0.717, 1.165) is 38.0 Å². The summed E-state index contributed by atoms with van der Waals surface area (Å²) < 4.78 is 0. The van der Waals surface area contributed by atoms with Crippen LogP contribution in [-0.2, 0) is 4.79 Å². The number of nitrogens with zero attached hydrogens (tertiary/aromatic N) is 2. The second kappa shape index (κ2) is 5.24. The van der Waals surface area contributed by atoms with Gasteiger partial charge >= 0.3 is 0 Å². The summed E-state index contributed by atoms with van der Waals surface area (Å²) in [6.45, 7) is 1.88. The van der Waals surface area contributed by atoms with Gasteiger partial charge in [0.1, 0.15) is 0 Å². The Hall–Kier alpha value is -1.51. The quantitative estimate of drug-likeness (QED) is 0.773. The van der Waals surface area contributed by atoms with Crippen LogP contribution < -0.4 is 9.80 Å². The first-order valence-electron chi connectivity index (χ1n) is 7.39. The molecule has 0 N–H and O–H groups in total. The zero-order valence-corrected chi connectivity index (χ0v) is 11.6. The van der Waals surface area contributed by atoms with Gasteiger partial charge in [0.25, 0.3) is 0 Å². The zero-order valence-electron chi connectivity index (χ0n) is 11.6. The maximum atomic E-state index is 12.7. The van der Waals surface area contributed by atoms with Crippen LogP contribution in [0.1, 0.15) is 32.1 Å². The number of hydrogen-bond donors (Lipinski definition) is 0. The third-order valence-corrected chi connectivity index (χ3v) is 4.43. The maximum Gasteiger partial charge on any atom is 0.230 e. The van der Waals surface area contributed by atoms with E-state index in [-0.39, 0.29) is 5.92 Å². The number of fused-ring (bicyclic) bond motifs is 1. The first kappa shape index (κ1) is 12.5. The van der Waals surface area contributed by atoms with Gasteiger partial charge in [0.15, 0.2) is 0 Å². The molecule has 0 atom stereocenters. The van der Waals surface area contributed by atoms with Crippen molar-refractivity contribution in [1.29, 1.82) is 0 Å². The van der Waals surface area contributed by atoms with Crippen molar-refractivity contribution in [3.8, 4) is 0 Å². The maximum absolute atomic E-state index is 12.7. The molecule has 1 saturated carbocycles. The van der Waals surface area contributed by atoms with Gasteiger partial charge < -0.3 is 9.80 Å². The number of para-hydroxylation sites is 2. The summed E-state index contributed by atoms with van der Waals surface area (Å²) in [5.74, 6) is 0.608. The van der Waals surface area contributed by atoms with Crippen molar-refractivity contribution >= 4 is 17.3 Å². The number of hydrogen-bond acceptors (Lipinski definition) is 2.